The fourth-order valence-corrected chi connectivity index (χ4v) is 1.80. The van der Waals surface area contributed by atoms with Gasteiger partial charge in [0.15, 0.2) is 0 Å². The monoisotopic (exact) mass is 197 g/mol. The van der Waals surface area contributed by atoms with Crippen molar-refractivity contribution in [2.45, 2.75) is 26.3 Å². The number of nitrogens with two attached hydrogens (primary N) is 1. The maximum Gasteiger partial charge on any atom is 0.116 e. The molecule has 0 radical (unpaired) electrons. The number of aromatic hydroxyl groups is 1. The number of halogens is 1. The van der Waals surface area contributed by atoms with Crippen molar-refractivity contribution in [2.75, 3.05) is 6.67 Å². The van der Waals surface area contributed by atoms with Crippen LogP contribution in [0.25, 0.3) is 0 Å². The molecule has 0 aliphatic heterocycles. The first-order valence-electron chi connectivity index (χ1n) is 4.68. The van der Waals surface area contributed by atoms with Gasteiger partial charge >= 0.3 is 0 Å². The first-order valence-corrected chi connectivity index (χ1v) is 4.68. The zero-order chi connectivity index (χ0) is 10.7. The van der Waals surface area contributed by atoms with Gasteiger partial charge in [-0.3, -0.25) is 4.39 Å². The van der Waals surface area contributed by atoms with Gasteiger partial charge in [-0.15, -0.1) is 0 Å². The van der Waals surface area contributed by atoms with E-state index in [1.165, 1.54) is 0 Å². The van der Waals surface area contributed by atoms with Crippen LogP contribution < -0.4 is 5.73 Å². The molecule has 1 rings (SSSR count). The Labute approximate surface area is 83.6 Å². The highest BCUT2D eigenvalue weighted by atomic mass is 19.1. The van der Waals surface area contributed by atoms with Crippen LogP contribution in [0.5, 0.6) is 5.75 Å². The minimum absolute atomic E-state index is 0.233. The lowest BCUT2D eigenvalue weighted by Crippen LogP contribution is -2.14. The summed E-state index contributed by atoms with van der Waals surface area (Å²) in [6.07, 6.45) is 0.326. The largest absolute Gasteiger partial charge is 0.508 e. The Morgan fingerprint density at radius 1 is 1.36 bits per heavy atom. The van der Waals surface area contributed by atoms with Gasteiger partial charge in [-0.05, 0) is 49.1 Å². The summed E-state index contributed by atoms with van der Waals surface area (Å²) in [6, 6.07) is 3.03. The van der Waals surface area contributed by atoms with Crippen LogP contribution in [0.3, 0.4) is 0 Å². The van der Waals surface area contributed by atoms with E-state index in [0.717, 1.165) is 16.7 Å². The average Bonchev–Trinajstić information content (AvgIpc) is 2.01. The van der Waals surface area contributed by atoms with E-state index in [4.69, 9.17) is 5.73 Å². The number of hydrogen-bond acceptors (Lipinski definition) is 2. The van der Waals surface area contributed by atoms with Gasteiger partial charge < -0.3 is 10.8 Å². The molecule has 3 heteroatoms. The van der Waals surface area contributed by atoms with Gasteiger partial charge in [-0.1, -0.05) is 0 Å². The van der Waals surface area contributed by atoms with E-state index in [1.807, 2.05) is 13.8 Å². The smallest absolute Gasteiger partial charge is 0.116 e. The molecule has 0 fully saturated rings. The van der Waals surface area contributed by atoms with Gasteiger partial charge in [-0.2, -0.15) is 0 Å². The number of phenols is 1. The van der Waals surface area contributed by atoms with Gasteiger partial charge in [0.05, 0.1) is 6.67 Å². The second-order valence-electron chi connectivity index (χ2n) is 3.58. The first-order chi connectivity index (χ1) is 6.56. The van der Waals surface area contributed by atoms with Crippen LogP contribution in [-0.2, 0) is 0 Å². The van der Waals surface area contributed by atoms with Crippen LogP contribution in [0.15, 0.2) is 12.1 Å². The molecular formula is C11H16FNO. The van der Waals surface area contributed by atoms with Crippen molar-refractivity contribution < 1.29 is 9.50 Å². The van der Waals surface area contributed by atoms with Crippen LogP contribution in [0.4, 0.5) is 4.39 Å². The van der Waals surface area contributed by atoms with Gasteiger partial charge in [0.2, 0.25) is 0 Å². The highest BCUT2D eigenvalue weighted by molar-refractivity contribution is 5.42. The summed E-state index contributed by atoms with van der Waals surface area (Å²) >= 11 is 0. The van der Waals surface area contributed by atoms with E-state index < -0.39 is 6.67 Å². The number of alkyl halides is 1. The Balaban J connectivity index is 3.07. The van der Waals surface area contributed by atoms with E-state index in [1.54, 1.807) is 12.1 Å². The van der Waals surface area contributed by atoms with Crippen LogP contribution >= 0.6 is 0 Å². The Morgan fingerprint density at radius 3 is 2.29 bits per heavy atom. The van der Waals surface area contributed by atoms with Crippen molar-refractivity contribution in [2.24, 2.45) is 5.73 Å². The van der Waals surface area contributed by atoms with Crippen molar-refractivity contribution in [1.82, 2.24) is 0 Å². The summed E-state index contributed by atoms with van der Waals surface area (Å²) in [6.45, 7) is 3.33. The number of hydrogen-bond donors (Lipinski definition) is 2. The first kappa shape index (κ1) is 11.0. The predicted molar refractivity (Wildman–Crippen MR) is 55.1 cm³/mol. The zero-order valence-electron chi connectivity index (χ0n) is 8.55. The van der Waals surface area contributed by atoms with Crippen LogP contribution in [0, 0.1) is 13.8 Å². The highest BCUT2D eigenvalue weighted by Gasteiger charge is 2.12. The topological polar surface area (TPSA) is 46.2 Å². The van der Waals surface area contributed by atoms with Gasteiger partial charge in [-0.25, -0.2) is 0 Å². The van der Waals surface area contributed by atoms with E-state index >= 15 is 0 Å². The molecule has 0 spiro atoms. The molecule has 0 heterocycles. The lowest BCUT2D eigenvalue weighted by molar-refractivity contribution is 0.440. The fourth-order valence-electron chi connectivity index (χ4n) is 1.80. The molecule has 14 heavy (non-hydrogen) atoms. The molecule has 0 aliphatic carbocycles. The summed E-state index contributed by atoms with van der Waals surface area (Å²) in [4.78, 5) is 0. The normalized spacial score (nSPS) is 12.9. The summed E-state index contributed by atoms with van der Waals surface area (Å²) < 4.78 is 12.1. The number of rotatable bonds is 3. The molecule has 0 saturated heterocycles. The van der Waals surface area contributed by atoms with Crippen molar-refractivity contribution in [3.63, 3.8) is 0 Å². The number of aryl methyl sites for hydroxylation is 2. The Hall–Kier alpha value is -1.09. The van der Waals surface area contributed by atoms with E-state index in [0.29, 0.717) is 6.42 Å². The molecule has 0 aliphatic rings. The van der Waals surface area contributed by atoms with Crippen LogP contribution in [-0.4, -0.2) is 11.8 Å². The molecule has 0 bridgehead atoms. The molecule has 0 amide bonds. The molecule has 0 unspecified atom stereocenters. The molecule has 1 atom stereocenters. The van der Waals surface area contributed by atoms with Crippen LogP contribution in [0.1, 0.15) is 29.2 Å². The zero-order valence-corrected chi connectivity index (χ0v) is 8.55. The fraction of sp³-hybridized carbons (Fsp3) is 0.455. The van der Waals surface area contributed by atoms with Crippen molar-refractivity contribution >= 4 is 0 Å². The van der Waals surface area contributed by atoms with Crippen molar-refractivity contribution in [3.8, 4) is 5.75 Å². The highest BCUT2D eigenvalue weighted by Crippen LogP contribution is 2.26. The second-order valence-corrected chi connectivity index (χ2v) is 3.58. The third-order valence-electron chi connectivity index (χ3n) is 2.37. The van der Waals surface area contributed by atoms with E-state index in [9.17, 15) is 9.50 Å². The Morgan fingerprint density at radius 2 is 1.86 bits per heavy atom. The minimum atomic E-state index is -0.416. The maximum atomic E-state index is 12.1. The second kappa shape index (κ2) is 4.42. The molecular weight excluding hydrogens is 181 g/mol. The summed E-state index contributed by atoms with van der Waals surface area (Å²) in [5.74, 6) is 0.233. The lowest BCUT2D eigenvalue weighted by Gasteiger charge is -2.16. The van der Waals surface area contributed by atoms with Gasteiger partial charge in [0.1, 0.15) is 5.75 Å². The average molecular weight is 197 g/mol. The molecule has 1 aromatic carbocycles. The molecule has 0 aromatic heterocycles. The predicted octanol–water partition coefficient (Wildman–Crippen LogP) is 2.37. The Kier molecular flexibility index (Phi) is 3.47. The van der Waals surface area contributed by atoms with E-state index in [-0.39, 0.29) is 11.8 Å². The van der Waals surface area contributed by atoms with Crippen molar-refractivity contribution in [1.29, 1.82) is 0 Å². The SMILES string of the molecule is Cc1cc(O)cc(C)c1[C@@H](N)CCF. The molecule has 3 N–H and O–H groups in total. The molecule has 2 nitrogen and oxygen atoms in total. The number of benzene rings is 1. The molecule has 78 valence electrons. The van der Waals surface area contributed by atoms with Gasteiger partial charge in [0, 0.05) is 6.04 Å². The lowest BCUT2D eigenvalue weighted by atomic mass is 9.95. The summed E-state index contributed by atoms with van der Waals surface area (Å²) in [5, 5.41) is 9.32. The summed E-state index contributed by atoms with van der Waals surface area (Å²) in [5.41, 5.74) is 8.62. The third-order valence-corrected chi connectivity index (χ3v) is 2.37. The van der Waals surface area contributed by atoms with Crippen molar-refractivity contribution in [3.05, 3.63) is 28.8 Å². The third kappa shape index (κ3) is 2.23. The minimum Gasteiger partial charge on any atom is -0.508 e. The standard InChI is InChI=1S/C11H16FNO/c1-7-5-9(14)6-8(2)11(7)10(13)3-4-12/h5-6,10,14H,3-4,13H2,1-2H3/t10-/m0/s1. The number of phenolic OH excluding ortho intramolecular Hbond substituents is 1. The quantitative estimate of drug-likeness (QED) is 0.781. The molecule has 0 saturated carbocycles. The van der Waals surface area contributed by atoms with E-state index in [2.05, 4.69) is 0 Å². The molecule has 1 aromatic rings. The Bertz CT molecular complexity index is 302. The maximum absolute atomic E-state index is 12.1. The van der Waals surface area contributed by atoms with Crippen LogP contribution in [0.2, 0.25) is 0 Å². The van der Waals surface area contributed by atoms with Gasteiger partial charge in [0.25, 0.3) is 0 Å². The summed E-state index contributed by atoms with van der Waals surface area (Å²) in [7, 11) is 0.